The summed E-state index contributed by atoms with van der Waals surface area (Å²) < 4.78 is 4.51. The van der Waals surface area contributed by atoms with Crippen molar-refractivity contribution in [2.75, 3.05) is 0 Å². The van der Waals surface area contributed by atoms with Crippen molar-refractivity contribution in [2.24, 2.45) is 7.05 Å². The van der Waals surface area contributed by atoms with Crippen molar-refractivity contribution < 1.29 is 9.90 Å². The Morgan fingerprint density at radius 1 is 1.47 bits per heavy atom. The van der Waals surface area contributed by atoms with E-state index in [1.807, 2.05) is 41.1 Å². The van der Waals surface area contributed by atoms with Crippen LogP contribution in [0.15, 0.2) is 22.8 Å². The minimum Gasteiger partial charge on any atom is -0.481 e. The first-order chi connectivity index (χ1) is 9.00. The van der Waals surface area contributed by atoms with Crippen LogP contribution in [0.3, 0.4) is 0 Å². The number of carbonyl (C=O) groups is 1. The van der Waals surface area contributed by atoms with Crippen LogP contribution in [0.5, 0.6) is 0 Å². The standard InChI is InChI=1S/C13H12BrN3O2/c1-7-4-3-5-8-11(7)15-13-16(2)9(6-10(18)19)12(14)17(8)13/h3-5H,6H2,1-2H3,(H,18,19). The van der Waals surface area contributed by atoms with Crippen molar-refractivity contribution in [1.82, 2.24) is 14.0 Å². The van der Waals surface area contributed by atoms with E-state index in [9.17, 15) is 4.79 Å². The number of carboxylic acids is 1. The molecule has 0 radical (unpaired) electrons. The Kier molecular flexibility index (Phi) is 2.63. The van der Waals surface area contributed by atoms with Crippen LogP contribution in [0.25, 0.3) is 16.8 Å². The molecule has 0 atom stereocenters. The number of aliphatic carboxylic acids is 1. The van der Waals surface area contributed by atoms with Gasteiger partial charge in [0, 0.05) is 7.05 Å². The Hall–Kier alpha value is -1.82. The molecule has 2 heterocycles. The number of carboxylic acid groups (broad SMARTS) is 1. The van der Waals surface area contributed by atoms with E-state index < -0.39 is 5.97 Å². The number of nitrogens with zero attached hydrogens (tertiary/aromatic N) is 3. The van der Waals surface area contributed by atoms with Crippen LogP contribution in [-0.2, 0) is 18.3 Å². The van der Waals surface area contributed by atoms with Gasteiger partial charge in [-0.2, -0.15) is 0 Å². The number of hydrogen-bond acceptors (Lipinski definition) is 2. The van der Waals surface area contributed by atoms with Gasteiger partial charge in [0.05, 0.1) is 23.1 Å². The molecule has 1 aromatic carbocycles. The Morgan fingerprint density at radius 3 is 2.89 bits per heavy atom. The molecule has 98 valence electrons. The van der Waals surface area contributed by atoms with Gasteiger partial charge in [-0.25, -0.2) is 4.98 Å². The SMILES string of the molecule is Cc1cccc2c1nc1n(C)c(CC(=O)O)c(Br)n21. The van der Waals surface area contributed by atoms with Gasteiger partial charge in [0.15, 0.2) is 0 Å². The molecule has 1 N–H and O–H groups in total. The topological polar surface area (TPSA) is 59.5 Å². The minimum absolute atomic E-state index is 0.0340. The quantitative estimate of drug-likeness (QED) is 0.789. The number of halogens is 1. The van der Waals surface area contributed by atoms with E-state index in [2.05, 4.69) is 20.9 Å². The predicted octanol–water partition coefficient (Wildman–Crippen LogP) is 2.52. The van der Waals surface area contributed by atoms with Crippen molar-refractivity contribution in [3.05, 3.63) is 34.1 Å². The Labute approximate surface area is 117 Å². The number of benzene rings is 1. The molecular formula is C13H12BrN3O2. The van der Waals surface area contributed by atoms with E-state index in [1.165, 1.54) is 0 Å². The van der Waals surface area contributed by atoms with E-state index >= 15 is 0 Å². The number of rotatable bonds is 2. The lowest BCUT2D eigenvalue weighted by molar-refractivity contribution is -0.136. The average molecular weight is 322 g/mol. The molecule has 0 fully saturated rings. The molecule has 3 rings (SSSR count). The summed E-state index contributed by atoms with van der Waals surface area (Å²) in [7, 11) is 1.83. The van der Waals surface area contributed by atoms with Gasteiger partial charge in [0.25, 0.3) is 0 Å². The summed E-state index contributed by atoms with van der Waals surface area (Å²) in [4.78, 5) is 15.5. The maximum Gasteiger partial charge on any atom is 0.309 e. The van der Waals surface area contributed by atoms with Gasteiger partial charge >= 0.3 is 5.97 Å². The number of hydrogen-bond donors (Lipinski definition) is 1. The van der Waals surface area contributed by atoms with Gasteiger partial charge in [-0.1, -0.05) is 12.1 Å². The normalized spacial score (nSPS) is 11.5. The third-order valence-corrected chi connectivity index (χ3v) is 4.14. The van der Waals surface area contributed by atoms with E-state index in [-0.39, 0.29) is 6.42 Å². The smallest absolute Gasteiger partial charge is 0.309 e. The minimum atomic E-state index is -0.856. The number of para-hydroxylation sites is 1. The van der Waals surface area contributed by atoms with Crippen molar-refractivity contribution in [3.63, 3.8) is 0 Å². The van der Waals surface area contributed by atoms with E-state index in [1.54, 1.807) is 0 Å². The van der Waals surface area contributed by atoms with Crippen LogP contribution in [-0.4, -0.2) is 25.0 Å². The summed E-state index contributed by atoms with van der Waals surface area (Å²) in [6, 6.07) is 5.97. The summed E-state index contributed by atoms with van der Waals surface area (Å²) in [5, 5.41) is 8.97. The highest BCUT2D eigenvalue weighted by Gasteiger charge is 2.19. The molecule has 0 saturated heterocycles. The molecule has 0 spiro atoms. The van der Waals surface area contributed by atoms with Crippen LogP contribution in [0, 0.1) is 6.92 Å². The first kappa shape index (κ1) is 12.2. The Morgan fingerprint density at radius 2 is 2.21 bits per heavy atom. The van der Waals surface area contributed by atoms with E-state index in [4.69, 9.17) is 5.11 Å². The van der Waals surface area contributed by atoms with Gasteiger partial charge in [0.2, 0.25) is 5.78 Å². The monoisotopic (exact) mass is 321 g/mol. The molecule has 6 heteroatoms. The molecule has 0 bridgehead atoms. The van der Waals surface area contributed by atoms with E-state index in [0.29, 0.717) is 5.69 Å². The first-order valence-corrected chi connectivity index (χ1v) is 6.62. The summed E-state index contributed by atoms with van der Waals surface area (Å²) >= 11 is 3.49. The molecule has 0 aliphatic rings. The molecule has 5 nitrogen and oxygen atoms in total. The maximum absolute atomic E-state index is 10.9. The zero-order chi connectivity index (χ0) is 13.7. The zero-order valence-corrected chi connectivity index (χ0v) is 12.1. The molecule has 0 saturated carbocycles. The second-order valence-corrected chi connectivity index (χ2v) is 5.31. The van der Waals surface area contributed by atoms with Crippen molar-refractivity contribution in [3.8, 4) is 0 Å². The molecule has 0 aliphatic carbocycles. The summed E-state index contributed by atoms with van der Waals surface area (Å²) in [5.74, 6) is -0.113. The largest absolute Gasteiger partial charge is 0.481 e. The van der Waals surface area contributed by atoms with Gasteiger partial charge in [-0.15, -0.1) is 0 Å². The van der Waals surface area contributed by atoms with E-state index in [0.717, 1.165) is 27.0 Å². The van der Waals surface area contributed by atoms with Crippen LogP contribution in [0.2, 0.25) is 0 Å². The maximum atomic E-state index is 10.9. The molecule has 0 aliphatic heterocycles. The molecular weight excluding hydrogens is 310 g/mol. The van der Waals surface area contributed by atoms with Crippen LogP contribution in [0.4, 0.5) is 0 Å². The molecule has 0 amide bonds. The average Bonchev–Trinajstić information content (AvgIpc) is 2.83. The van der Waals surface area contributed by atoms with Gasteiger partial charge < -0.3 is 9.67 Å². The van der Waals surface area contributed by atoms with Gasteiger partial charge in [-0.3, -0.25) is 9.20 Å². The third-order valence-electron chi connectivity index (χ3n) is 3.33. The number of imidazole rings is 2. The number of aromatic nitrogens is 3. The molecule has 2 aromatic heterocycles. The highest BCUT2D eigenvalue weighted by molar-refractivity contribution is 9.10. The summed E-state index contributed by atoms with van der Waals surface area (Å²) in [6.07, 6.45) is -0.0340. The van der Waals surface area contributed by atoms with Crippen LogP contribution >= 0.6 is 15.9 Å². The second kappa shape index (κ2) is 4.09. The van der Waals surface area contributed by atoms with Gasteiger partial charge in [0.1, 0.15) is 4.60 Å². The Balaban J connectivity index is 2.41. The highest BCUT2D eigenvalue weighted by Crippen LogP contribution is 2.28. The fraction of sp³-hybridized carbons (Fsp3) is 0.231. The van der Waals surface area contributed by atoms with Crippen molar-refractivity contribution in [1.29, 1.82) is 0 Å². The lowest BCUT2D eigenvalue weighted by Gasteiger charge is -2.00. The van der Waals surface area contributed by atoms with Gasteiger partial charge in [-0.05, 0) is 34.5 Å². The number of fused-ring (bicyclic) bond motifs is 3. The van der Waals surface area contributed by atoms with Crippen LogP contribution in [0.1, 0.15) is 11.3 Å². The summed E-state index contributed by atoms with van der Waals surface area (Å²) in [5.41, 5.74) is 3.73. The summed E-state index contributed by atoms with van der Waals surface area (Å²) in [6.45, 7) is 2.01. The molecule has 3 aromatic rings. The van der Waals surface area contributed by atoms with Crippen molar-refractivity contribution >= 4 is 38.7 Å². The zero-order valence-electron chi connectivity index (χ0n) is 10.5. The van der Waals surface area contributed by atoms with Crippen molar-refractivity contribution in [2.45, 2.75) is 13.3 Å². The predicted molar refractivity (Wildman–Crippen MR) is 75.4 cm³/mol. The lowest BCUT2D eigenvalue weighted by Crippen LogP contribution is -2.06. The highest BCUT2D eigenvalue weighted by atomic mass is 79.9. The fourth-order valence-corrected chi connectivity index (χ4v) is 3.12. The molecule has 19 heavy (non-hydrogen) atoms. The Bertz CT molecular complexity index is 816. The second-order valence-electron chi connectivity index (χ2n) is 4.56. The fourth-order valence-electron chi connectivity index (χ4n) is 2.37. The number of aryl methyl sites for hydroxylation is 2. The first-order valence-electron chi connectivity index (χ1n) is 5.83. The van der Waals surface area contributed by atoms with Crippen LogP contribution < -0.4 is 0 Å². The molecule has 0 unspecified atom stereocenters. The third kappa shape index (κ3) is 1.67. The lowest BCUT2D eigenvalue weighted by atomic mass is 10.2.